The van der Waals surface area contributed by atoms with Gasteiger partial charge in [0.25, 0.3) is 5.92 Å². The maximum Gasteiger partial charge on any atom is 0.290 e. The Balaban J connectivity index is 1.84. The minimum Gasteiger partial charge on any atom is -0.381 e. The molecule has 2 aliphatic carbocycles. The minimum atomic E-state index is -2.92. The molecule has 3 nitrogen and oxygen atoms in total. The normalized spacial score (nSPS) is 25.7. The van der Waals surface area contributed by atoms with E-state index in [1.807, 2.05) is 0 Å². The van der Waals surface area contributed by atoms with Crippen molar-refractivity contribution < 1.29 is 13.2 Å². The second-order valence-electron chi connectivity index (χ2n) is 6.95. The van der Waals surface area contributed by atoms with E-state index in [2.05, 4.69) is 10.3 Å². The lowest BCUT2D eigenvalue weighted by Crippen LogP contribution is -2.35. The number of hydrogen-bond acceptors (Lipinski definition) is 3. The second kappa shape index (κ2) is 5.62. The van der Waals surface area contributed by atoms with E-state index in [1.54, 1.807) is 0 Å². The van der Waals surface area contributed by atoms with E-state index in [0.717, 1.165) is 25.7 Å². The van der Waals surface area contributed by atoms with Crippen molar-refractivity contribution in [3.05, 3.63) is 35.3 Å². The summed E-state index contributed by atoms with van der Waals surface area (Å²) < 4.78 is 42.1. The smallest absolute Gasteiger partial charge is 0.290 e. The lowest BCUT2D eigenvalue weighted by Gasteiger charge is -2.29. The lowest BCUT2D eigenvalue weighted by molar-refractivity contribution is -0.00566. The third-order valence-electron chi connectivity index (χ3n) is 5.15. The number of anilines is 1. The topological polar surface area (TPSA) is 50.9 Å². The van der Waals surface area contributed by atoms with E-state index in [-0.39, 0.29) is 30.6 Å². The summed E-state index contributed by atoms with van der Waals surface area (Å²) in [5, 5.41) is 3.97. The van der Waals surface area contributed by atoms with Gasteiger partial charge in [0.05, 0.1) is 5.52 Å². The van der Waals surface area contributed by atoms with E-state index in [4.69, 9.17) is 5.73 Å². The van der Waals surface area contributed by atoms with Crippen LogP contribution in [0.3, 0.4) is 0 Å². The van der Waals surface area contributed by atoms with Crippen LogP contribution in [0.25, 0.3) is 10.9 Å². The first-order chi connectivity index (χ1) is 11.4. The fourth-order valence-electron chi connectivity index (χ4n) is 3.95. The van der Waals surface area contributed by atoms with Gasteiger partial charge in [0.2, 0.25) is 0 Å². The standard InChI is InChI=1S/C18H20F3N3/c19-10-4-5-15-14(8-10)16(23-12-3-1-2-11(22)9-12)13-6-7-18(20,21)17(13)24-15/h4-5,8,11-12H,1-3,6-7,9,22H2,(H,23,24)/t11-,12+/m1/s1. The summed E-state index contributed by atoms with van der Waals surface area (Å²) in [7, 11) is 0. The summed E-state index contributed by atoms with van der Waals surface area (Å²) >= 11 is 0. The van der Waals surface area contributed by atoms with Gasteiger partial charge < -0.3 is 11.1 Å². The van der Waals surface area contributed by atoms with Gasteiger partial charge in [-0.25, -0.2) is 9.37 Å². The number of nitrogens with zero attached hydrogens (tertiary/aromatic N) is 1. The minimum absolute atomic E-state index is 0.121. The largest absolute Gasteiger partial charge is 0.381 e. The predicted molar refractivity (Wildman–Crippen MR) is 87.8 cm³/mol. The van der Waals surface area contributed by atoms with Crippen LogP contribution < -0.4 is 11.1 Å². The van der Waals surface area contributed by atoms with Crippen molar-refractivity contribution in [2.45, 2.75) is 56.5 Å². The predicted octanol–water partition coefficient (Wildman–Crippen LogP) is 4.09. The zero-order chi connectivity index (χ0) is 16.9. The fraction of sp³-hybridized carbons (Fsp3) is 0.500. The molecule has 1 aromatic heterocycles. The van der Waals surface area contributed by atoms with Gasteiger partial charge in [-0.3, -0.25) is 0 Å². The van der Waals surface area contributed by atoms with Crippen LogP contribution >= 0.6 is 0 Å². The average Bonchev–Trinajstić information content (AvgIpc) is 2.83. The molecule has 0 saturated heterocycles. The Labute approximate surface area is 138 Å². The van der Waals surface area contributed by atoms with Crippen molar-refractivity contribution in [2.75, 3.05) is 5.32 Å². The van der Waals surface area contributed by atoms with Crippen LogP contribution in [0.1, 0.15) is 43.4 Å². The quantitative estimate of drug-likeness (QED) is 0.869. The molecule has 0 unspecified atom stereocenters. The molecule has 1 heterocycles. The highest BCUT2D eigenvalue weighted by molar-refractivity contribution is 5.94. The van der Waals surface area contributed by atoms with Gasteiger partial charge in [-0.2, -0.15) is 8.78 Å². The Morgan fingerprint density at radius 1 is 1.25 bits per heavy atom. The third-order valence-corrected chi connectivity index (χ3v) is 5.15. The fourth-order valence-corrected chi connectivity index (χ4v) is 3.95. The van der Waals surface area contributed by atoms with Gasteiger partial charge in [0.15, 0.2) is 0 Å². The second-order valence-corrected chi connectivity index (χ2v) is 6.95. The van der Waals surface area contributed by atoms with Gasteiger partial charge >= 0.3 is 0 Å². The van der Waals surface area contributed by atoms with E-state index >= 15 is 0 Å². The molecule has 2 atom stereocenters. The number of nitrogens with one attached hydrogen (secondary N) is 1. The Bertz CT molecular complexity index is 791. The molecule has 4 rings (SSSR count). The highest BCUT2D eigenvalue weighted by Crippen LogP contribution is 2.46. The summed E-state index contributed by atoms with van der Waals surface area (Å²) in [6.07, 6.45) is 3.74. The first-order valence-electron chi connectivity index (χ1n) is 8.46. The first kappa shape index (κ1) is 15.7. The van der Waals surface area contributed by atoms with Crippen LogP contribution in [-0.2, 0) is 12.3 Å². The van der Waals surface area contributed by atoms with Crippen molar-refractivity contribution in [3.8, 4) is 0 Å². The molecular weight excluding hydrogens is 315 g/mol. The molecule has 2 aliphatic rings. The highest BCUT2D eigenvalue weighted by atomic mass is 19.3. The van der Waals surface area contributed by atoms with E-state index in [0.29, 0.717) is 22.2 Å². The molecule has 0 bridgehead atoms. The van der Waals surface area contributed by atoms with Crippen LogP contribution in [0.2, 0.25) is 0 Å². The van der Waals surface area contributed by atoms with Crippen molar-refractivity contribution in [2.24, 2.45) is 5.73 Å². The Morgan fingerprint density at radius 2 is 2.08 bits per heavy atom. The van der Waals surface area contributed by atoms with Gasteiger partial charge in [0.1, 0.15) is 11.5 Å². The maximum atomic E-state index is 14.2. The zero-order valence-electron chi connectivity index (χ0n) is 13.3. The number of hydrogen-bond donors (Lipinski definition) is 2. The van der Waals surface area contributed by atoms with Crippen molar-refractivity contribution in [3.63, 3.8) is 0 Å². The van der Waals surface area contributed by atoms with Gasteiger partial charge in [-0.15, -0.1) is 0 Å². The molecule has 6 heteroatoms. The zero-order valence-corrected chi connectivity index (χ0v) is 13.3. The number of rotatable bonds is 2. The Hall–Kier alpha value is -1.82. The number of nitrogens with two attached hydrogens (primary N) is 1. The SMILES string of the molecule is N[C@@H]1CCC[C@H](Nc2c3c(nc4ccc(F)cc24)C(F)(F)CC3)C1. The van der Waals surface area contributed by atoms with Crippen LogP contribution in [-0.4, -0.2) is 17.1 Å². The number of alkyl halides is 2. The maximum absolute atomic E-state index is 14.2. The van der Waals surface area contributed by atoms with E-state index in [9.17, 15) is 13.2 Å². The molecule has 128 valence electrons. The Kier molecular flexibility index (Phi) is 3.67. The summed E-state index contributed by atoms with van der Waals surface area (Å²) in [6.45, 7) is 0. The van der Waals surface area contributed by atoms with Crippen LogP contribution in [0.4, 0.5) is 18.9 Å². The summed E-state index contributed by atoms with van der Waals surface area (Å²) in [6, 6.07) is 4.35. The molecule has 0 spiro atoms. The molecule has 0 aliphatic heterocycles. The number of benzene rings is 1. The van der Waals surface area contributed by atoms with E-state index in [1.165, 1.54) is 18.2 Å². The molecule has 3 N–H and O–H groups in total. The molecule has 0 amide bonds. The molecule has 24 heavy (non-hydrogen) atoms. The molecule has 1 aromatic carbocycles. The van der Waals surface area contributed by atoms with Gasteiger partial charge in [-0.1, -0.05) is 0 Å². The molecule has 2 aromatic rings. The van der Waals surface area contributed by atoms with Gasteiger partial charge in [-0.05, 0) is 50.3 Å². The molecule has 0 radical (unpaired) electrons. The van der Waals surface area contributed by atoms with Crippen molar-refractivity contribution in [1.29, 1.82) is 0 Å². The third kappa shape index (κ3) is 2.62. The number of aromatic nitrogens is 1. The molecule has 1 fully saturated rings. The lowest BCUT2D eigenvalue weighted by atomic mass is 9.91. The molecular formula is C18H20F3N3. The Morgan fingerprint density at radius 3 is 2.88 bits per heavy atom. The average molecular weight is 335 g/mol. The summed E-state index contributed by atoms with van der Waals surface area (Å²) in [5.41, 5.74) is 7.42. The summed E-state index contributed by atoms with van der Waals surface area (Å²) in [5.74, 6) is -3.31. The van der Waals surface area contributed by atoms with Crippen molar-refractivity contribution >= 4 is 16.6 Å². The van der Waals surface area contributed by atoms with Crippen LogP contribution in [0.5, 0.6) is 0 Å². The van der Waals surface area contributed by atoms with Crippen LogP contribution in [0, 0.1) is 5.82 Å². The summed E-state index contributed by atoms with van der Waals surface area (Å²) in [4.78, 5) is 4.14. The van der Waals surface area contributed by atoms with E-state index < -0.39 is 11.7 Å². The highest BCUT2D eigenvalue weighted by Gasteiger charge is 2.43. The monoisotopic (exact) mass is 335 g/mol. The first-order valence-corrected chi connectivity index (χ1v) is 8.46. The number of fused-ring (bicyclic) bond motifs is 2. The number of halogens is 3. The van der Waals surface area contributed by atoms with Crippen molar-refractivity contribution in [1.82, 2.24) is 4.98 Å². The van der Waals surface area contributed by atoms with Gasteiger partial charge in [0, 0.05) is 35.1 Å². The molecule has 1 saturated carbocycles. The number of pyridine rings is 1. The van der Waals surface area contributed by atoms with Crippen LogP contribution in [0.15, 0.2) is 18.2 Å².